The molecule has 0 aliphatic rings. The first-order valence-corrected chi connectivity index (χ1v) is 4.29. The predicted molar refractivity (Wildman–Crippen MR) is 54.4 cm³/mol. The van der Waals surface area contributed by atoms with Gasteiger partial charge in [0.05, 0.1) is 12.7 Å². The highest BCUT2D eigenvalue weighted by atomic mass is 16.6. The minimum atomic E-state index is -0.592. The molecular formula is C10H8N2O4. The Hall–Kier alpha value is -2.42. The number of hydrogen-bond donors (Lipinski definition) is 0. The molecule has 0 unspecified atom stereocenters. The summed E-state index contributed by atoms with van der Waals surface area (Å²) in [5.74, 6) is 4.54. The lowest BCUT2D eigenvalue weighted by Gasteiger charge is -1.91. The number of methoxy groups -OCH3 is 1. The van der Waals surface area contributed by atoms with Crippen molar-refractivity contribution in [3.8, 4) is 11.8 Å². The predicted octanol–water partition coefficient (Wildman–Crippen LogP) is 0.904. The van der Waals surface area contributed by atoms with Gasteiger partial charge in [0.1, 0.15) is 6.42 Å². The highest BCUT2D eigenvalue weighted by Crippen LogP contribution is 2.06. The maximum atomic E-state index is 10.7. The van der Waals surface area contributed by atoms with Gasteiger partial charge >= 0.3 is 11.8 Å². The van der Waals surface area contributed by atoms with E-state index in [9.17, 15) is 14.9 Å². The second kappa shape index (κ2) is 5.46. The number of esters is 1. The Bertz CT molecular complexity index is 456. The van der Waals surface area contributed by atoms with Gasteiger partial charge in [-0.05, 0) is 16.0 Å². The normalized spacial score (nSPS) is 8.81. The molecule has 0 N–H and O–H groups in total. The summed E-state index contributed by atoms with van der Waals surface area (Å²) in [6, 6.07) is 2.72. The molecule has 0 aliphatic heterocycles. The van der Waals surface area contributed by atoms with Crippen LogP contribution in [0.2, 0.25) is 0 Å². The van der Waals surface area contributed by atoms with Gasteiger partial charge in [0, 0.05) is 6.07 Å². The third-order valence-electron chi connectivity index (χ3n) is 1.63. The van der Waals surface area contributed by atoms with Crippen molar-refractivity contribution < 1.29 is 14.5 Å². The van der Waals surface area contributed by atoms with Gasteiger partial charge in [-0.2, -0.15) is 0 Å². The molecule has 16 heavy (non-hydrogen) atoms. The molecule has 1 heterocycles. The van der Waals surface area contributed by atoms with E-state index in [1.165, 1.54) is 25.4 Å². The maximum Gasteiger partial charge on any atom is 0.363 e. The van der Waals surface area contributed by atoms with Crippen LogP contribution in [-0.4, -0.2) is 23.0 Å². The molecule has 1 aromatic heterocycles. The van der Waals surface area contributed by atoms with E-state index < -0.39 is 10.9 Å². The van der Waals surface area contributed by atoms with Gasteiger partial charge in [-0.25, -0.2) is 0 Å². The van der Waals surface area contributed by atoms with Crippen molar-refractivity contribution in [2.75, 3.05) is 7.11 Å². The van der Waals surface area contributed by atoms with E-state index in [0.29, 0.717) is 5.56 Å². The first-order chi connectivity index (χ1) is 7.63. The first kappa shape index (κ1) is 11.7. The molecule has 0 amide bonds. The fraction of sp³-hybridized carbons (Fsp3) is 0.200. The highest BCUT2D eigenvalue weighted by molar-refractivity contribution is 5.72. The number of nitro groups is 1. The Balaban J connectivity index is 2.68. The number of nitrogens with zero attached hydrogens (tertiary/aromatic N) is 2. The van der Waals surface area contributed by atoms with Crippen LogP contribution in [-0.2, 0) is 9.53 Å². The zero-order valence-electron chi connectivity index (χ0n) is 8.47. The lowest BCUT2D eigenvalue weighted by atomic mass is 10.3. The van der Waals surface area contributed by atoms with Gasteiger partial charge in [0.2, 0.25) is 0 Å². The van der Waals surface area contributed by atoms with Crippen LogP contribution in [0.15, 0.2) is 18.3 Å². The Morgan fingerprint density at radius 3 is 2.88 bits per heavy atom. The van der Waals surface area contributed by atoms with Crippen LogP contribution in [0.3, 0.4) is 0 Å². The average molecular weight is 220 g/mol. The largest absolute Gasteiger partial charge is 0.468 e. The van der Waals surface area contributed by atoms with Gasteiger partial charge in [0.15, 0.2) is 6.20 Å². The Kier molecular flexibility index (Phi) is 3.98. The molecule has 0 fully saturated rings. The minimum Gasteiger partial charge on any atom is -0.468 e. The number of carbonyl (C=O) groups is 1. The summed E-state index contributed by atoms with van der Waals surface area (Å²) in [5.41, 5.74) is 0.509. The van der Waals surface area contributed by atoms with Crippen molar-refractivity contribution in [2.24, 2.45) is 0 Å². The second-order valence-electron chi connectivity index (χ2n) is 2.72. The fourth-order valence-corrected chi connectivity index (χ4v) is 0.859. The van der Waals surface area contributed by atoms with Gasteiger partial charge < -0.3 is 14.9 Å². The van der Waals surface area contributed by atoms with E-state index in [1.807, 2.05) is 0 Å². The number of ether oxygens (including phenoxy) is 1. The lowest BCUT2D eigenvalue weighted by molar-refractivity contribution is -0.389. The molecule has 0 saturated carbocycles. The van der Waals surface area contributed by atoms with Crippen molar-refractivity contribution in [1.29, 1.82) is 0 Å². The third-order valence-corrected chi connectivity index (χ3v) is 1.63. The summed E-state index contributed by atoms with van der Waals surface area (Å²) < 4.78 is 4.39. The zero-order chi connectivity index (χ0) is 12.0. The van der Waals surface area contributed by atoms with Crippen molar-refractivity contribution in [1.82, 2.24) is 4.98 Å². The molecule has 0 atom stereocenters. The Morgan fingerprint density at radius 2 is 2.38 bits per heavy atom. The van der Waals surface area contributed by atoms with Gasteiger partial charge in [-0.15, -0.1) is 0 Å². The topological polar surface area (TPSA) is 82.3 Å². The number of aromatic nitrogens is 1. The summed E-state index contributed by atoms with van der Waals surface area (Å²) in [6.07, 6.45) is 1.26. The van der Waals surface area contributed by atoms with Crippen molar-refractivity contribution in [2.45, 2.75) is 6.42 Å². The third kappa shape index (κ3) is 3.38. The van der Waals surface area contributed by atoms with E-state index in [-0.39, 0.29) is 12.2 Å². The standard InChI is InChI=1S/C10H8N2O4/c1-16-10(13)4-2-3-8-5-6-9(11-7-8)12(14)15/h5-7H,4H2,1H3. The summed E-state index contributed by atoms with van der Waals surface area (Å²) in [6.45, 7) is 0. The molecule has 82 valence electrons. The number of rotatable bonds is 2. The molecule has 1 rings (SSSR count). The van der Waals surface area contributed by atoms with Crippen molar-refractivity contribution in [3.05, 3.63) is 34.0 Å². The van der Waals surface area contributed by atoms with E-state index in [1.54, 1.807) is 0 Å². The van der Waals surface area contributed by atoms with Crippen LogP contribution < -0.4 is 0 Å². The van der Waals surface area contributed by atoms with Gasteiger partial charge in [0.25, 0.3) is 0 Å². The molecule has 0 spiro atoms. The molecule has 1 aromatic rings. The number of pyridine rings is 1. The molecular weight excluding hydrogens is 212 g/mol. The van der Waals surface area contributed by atoms with Crippen LogP contribution in [0.5, 0.6) is 0 Å². The van der Waals surface area contributed by atoms with Gasteiger partial charge in [-0.1, -0.05) is 11.8 Å². The fourth-order valence-electron chi connectivity index (χ4n) is 0.859. The minimum absolute atomic E-state index is 0.0203. The monoisotopic (exact) mass is 220 g/mol. The molecule has 0 radical (unpaired) electrons. The summed E-state index contributed by atoms with van der Waals surface area (Å²) in [5, 5.41) is 10.3. The van der Waals surface area contributed by atoms with Crippen molar-refractivity contribution in [3.63, 3.8) is 0 Å². The smallest absolute Gasteiger partial charge is 0.363 e. The number of hydrogen-bond acceptors (Lipinski definition) is 5. The Morgan fingerprint density at radius 1 is 1.62 bits per heavy atom. The first-order valence-electron chi connectivity index (χ1n) is 4.29. The van der Waals surface area contributed by atoms with Crippen LogP contribution in [0.4, 0.5) is 5.82 Å². The summed E-state index contributed by atoms with van der Waals surface area (Å²) in [7, 11) is 1.28. The summed E-state index contributed by atoms with van der Waals surface area (Å²) >= 11 is 0. The SMILES string of the molecule is COC(=O)CC#Cc1ccc([N+](=O)[O-])nc1. The molecule has 0 aromatic carbocycles. The van der Waals surface area contributed by atoms with E-state index in [0.717, 1.165) is 0 Å². The molecule has 6 nitrogen and oxygen atoms in total. The van der Waals surface area contributed by atoms with E-state index in [2.05, 4.69) is 21.6 Å². The lowest BCUT2D eigenvalue weighted by Crippen LogP contribution is -1.97. The molecule has 6 heteroatoms. The average Bonchev–Trinajstić information content (AvgIpc) is 2.29. The van der Waals surface area contributed by atoms with Crippen LogP contribution in [0, 0.1) is 22.0 Å². The maximum absolute atomic E-state index is 10.7. The zero-order valence-corrected chi connectivity index (χ0v) is 8.47. The molecule has 0 saturated heterocycles. The van der Waals surface area contributed by atoms with Crippen LogP contribution in [0.25, 0.3) is 0 Å². The van der Waals surface area contributed by atoms with Crippen molar-refractivity contribution >= 4 is 11.8 Å². The number of carbonyl (C=O) groups excluding carboxylic acids is 1. The molecule has 0 bridgehead atoms. The summed E-state index contributed by atoms with van der Waals surface area (Å²) in [4.78, 5) is 24.0. The highest BCUT2D eigenvalue weighted by Gasteiger charge is 2.04. The van der Waals surface area contributed by atoms with Gasteiger partial charge in [-0.3, -0.25) is 4.79 Å². The quantitative estimate of drug-likeness (QED) is 0.320. The van der Waals surface area contributed by atoms with E-state index in [4.69, 9.17) is 0 Å². The molecule has 0 aliphatic carbocycles. The van der Waals surface area contributed by atoms with Crippen LogP contribution >= 0.6 is 0 Å². The second-order valence-corrected chi connectivity index (χ2v) is 2.72. The van der Waals surface area contributed by atoms with Crippen LogP contribution in [0.1, 0.15) is 12.0 Å². The Labute approximate surface area is 91.4 Å². The van der Waals surface area contributed by atoms with E-state index >= 15 is 0 Å².